The number of carbonyl (C=O) groups is 1. The molecule has 110 valence electrons. The molecule has 1 unspecified atom stereocenters. The molecule has 0 aromatic heterocycles. The molecule has 1 heterocycles. The van der Waals surface area contributed by atoms with E-state index in [1.165, 1.54) is 6.07 Å². The van der Waals surface area contributed by atoms with Crippen molar-refractivity contribution in [2.45, 2.75) is 25.9 Å². The summed E-state index contributed by atoms with van der Waals surface area (Å²) in [6, 6.07) is 4.55. The third kappa shape index (κ3) is 3.10. The van der Waals surface area contributed by atoms with Gasteiger partial charge in [0.1, 0.15) is 5.82 Å². The van der Waals surface area contributed by atoms with Gasteiger partial charge in [-0.2, -0.15) is 0 Å². The van der Waals surface area contributed by atoms with Crippen LogP contribution in [0.2, 0.25) is 0 Å². The fourth-order valence-electron chi connectivity index (χ4n) is 2.52. The maximum Gasteiger partial charge on any atom is 0.256 e. The molecule has 1 aromatic rings. The Bertz CT molecular complexity index is 473. The number of anilines is 1. The summed E-state index contributed by atoms with van der Waals surface area (Å²) >= 11 is 0. The van der Waals surface area contributed by atoms with E-state index >= 15 is 0 Å². The molecule has 0 spiro atoms. The Morgan fingerprint density at radius 3 is 2.95 bits per heavy atom. The zero-order chi connectivity index (χ0) is 14.5. The third-order valence-corrected chi connectivity index (χ3v) is 3.61. The highest BCUT2D eigenvalue weighted by molar-refractivity contribution is 5.99. The van der Waals surface area contributed by atoms with Crippen LogP contribution in [0.15, 0.2) is 18.2 Å². The van der Waals surface area contributed by atoms with E-state index in [9.17, 15) is 9.18 Å². The number of halogens is 1. The predicted octanol–water partition coefficient (Wildman–Crippen LogP) is 2.51. The fraction of sp³-hybridized carbons (Fsp3) is 0.533. The van der Waals surface area contributed by atoms with E-state index in [1.807, 2.05) is 6.92 Å². The molecule has 1 N–H and O–H groups in total. The second-order valence-electron chi connectivity index (χ2n) is 4.89. The second kappa shape index (κ2) is 6.70. The summed E-state index contributed by atoms with van der Waals surface area (Å²) in [5.41, 5.74) is 0.621. The standard InChI is InChI=1S/C15H21FN2O2/c1-3-18(10-11-6-5-9-20-11)15(19)12-7-4-8-13(16)14(12)17-2/h4,7-8,11,17H,3,5-6,9-10H2,1-2H3. The molecule has 1 aromatic carbocycles. The first-order valence-electron chi connectivity index (χ1n) is 7.04. The van der Waals surface area contributed by atoms with Crippen LogP contribution >= 0.6 is 0 Å². The SMILES string of the molecule is CCN(CC1CCCO1)C(=O)c1cccc(F)c1NC. The summed E-state index contributed by atoms with van der Waals surface area (Å²) in [4.78, 5) is 14.3. The molecule has 1 aliphatic rings. The highest BCUT2D eigenvalue weighted by atomic mass is 19.1. The third-order valence-electron chi connectivity index (χ3n) is 3.61. The molecular formula is C15H21FN2O2. The van der Waals surface area contributed by atoms with Crippen LogP contribution in [0.3, 0.4) is 0 Å². The predicted molar refractivity (Wildman–Crippen MR) is 76.5 cm³/mol. The lowest BCUT2D eigenvalue weighted by molar-refractivity contribution is 0.0539. The number of ether oxygens (including phenoxy) is 1. The zero-order valence-corrected chi connectivity index (χ0v) is 12.0. The maximum atomic E-state index is 13.7. The Morgan fingerprint density at radius 1 is 1.55 bits per heavy atom. The van der Waals surface area contributed by atoms with Crippen molar-refractivity contribution in [2.75, 3.05) is 32.1 Å². The Balaban J connectivity index is 2.17. The van der Waals surface area contributed by atoms with Crippen molar-refractivity contribution in [1.82, 2.24) is 4.90 Å². The van der Waals surface area contributed by atoms with E-state index in [2.05, 4.69) is 5.32 Å². The lowest BCUT2D eigenvalue weighted by Crippen LogP contribution is -2.37. The molecule has 0 saturated carbocycles. The first-order valence-corrected chi connectivity index (χ1v) is 7.04. The topological polar surface area (TPSA) is 41.6 Å². The first-order chi connectivity index (χ1) is 9.67. The largest absolute Gasteiger partial charge is 0.385 e. The summed E-state index contributed by atoms with van der Waals surface area (Å²) in [5, 5.41) is 2.76. The van der Waals surface area contributed by atoms with Gasteiger partial charge in [-0.25, -0.2) is 4.39 Å². The van der Waals surface area contributed by atoms with E-state index in [-0.39, 0.29) is 17.7 Å². The molecule has 4 nitrogen and oxygen atoms in total. The summed E-state index contributed by atoms with van der Waals surface area (Å²) in [6.07, 6.45) is 2.12. The van der Waals surface area contributed by atoms with Gasteiger partial charge in [0.05, 0.1) is 17.4 Å². The molecule has 0 aliphatic carbocycles. The van der Waals surface area contributed by atoms with Crippen LogP contribution in [0.4, 0.5) is 10.1 Å². The summed E-state index contributed by atoms with van der Waals surface area (Å²) < 4.78 is 19.3. The molecule has 5 heteroatoms. The quantitative estimate of drug-likeness (QED) is 0.901. The Labute approximate surface area is 118 Å². The Kier molecular flexibility index (Phi) is 4.95. The Hall–Kier alpha value is -1.62. The van der Waals surface area contributed by atoms with Crippen LogP contribution in [-0.2, 0) is 4.74 Å². The van der Waals surface area contributed by atoms with Gasteiger partial charge in [-0.1, -0.05) is 6.07 Å². The lowest BCUT2D eigenvalue weighted by atomic mass is 10.1. The van der Waals surface area contributed by atoms with Crippen LogP contribution in [0, 0.1) is 5.82 Å². The molecule has 20 heavy (non-hydrogen) atoms. The number of nitrogens with one attached hydrogen (secondary N) is 1. The van der Waals surface area contributed by atoms with E-state index < -0.39 is 5.82 Å². The first kappa shape index (κ1) is 14.8. The average Bonchev–Trinajstić information content (AvgIpc) is 2.96. The van der Waals surface area contributed by atoms with Crippen LogP contribution in [0.25, 0.3) is 0 Å². The molecule has 0 radical (unpaired) electrons. The van der Waals surface area contributed by atoms with Crippen molar-refractivity contribution in [3.63, 3.8) is 0 Å². The molecule has 1 fully saturated rings. The number of likely N-dealkylation sites (N-methyl/N-ethyl adjacent to an activating group) is 1. The summed E-state index contributed by atoms with van der Waals surface area (Å²) in [6.45, 7) is 3.83. The molecule has 1 saturated heterocycles. The zero-order valence-electron chi connectivity index (χ0n) is 12.0. The van der Waals surface area contributed by atoms with Crippen LogP contribution in [-0.4, -0.2) is 43.7 Å². The van der Waals surface area contributed by atoms with Crippen LogP contribution in [0.1, 0.15) is 30.1 Å². The van der Waals surface area contributed by atoms with Gasteiger partial charge in [-0.15, -0.1) is 0 Å². The van der Waals surface area contributed by atoms with E-state index in [0.717, 1.165) is 19.4 Å². The summed E-state index contributed by atoms with van der Waals surface area (Å²) in [7, 11) is 1.62. The minimum absolute atomic E-state index is 0.102. The van der Waals surface area contributed by atoms with Crippen molar-refractivity contribution in [3.05, 3.63) is 29.6 Å². The molecule has 1 atom stereocenters. The van der Waals surface area contributed by atoms with Crippen molar-refractivity contribution in [3.8, 4) is 0 Å². The number of para-hydroxylation sites is 1. The molecular weight excluding hydrogens is 259 g/mol. The number of amides is 1. The number of hydrogen-bond donors (Lipinski definition) is 1. The van der Waals surface area contributed by atoms with E-state index in [1.54, 1.807) is 24.1 Å². The van der Waals surface area contributed by atoms with Crippen LogP contribution in [0.5, 0.6) is 0 Å². The minimum Gasteiger partial charge on any atom is -0.385 e. The number of hydrogen-bond acceptors (Lipinski definition) is 3. The van der Waals surface area contributed by atoms with Crippen molar-refractivity contribution in [1.29, 1.82) is 0 Å². The van der Waals surface area contributed by atoms with Gasteiger partial charge in [0.25, 0.3) is 5.91 Å². The highest BCUT2D eigenvalue weighted by Crippen LogP contribution is 2.22. The smallest absolute Gasteiger partial charge is 0.256 e. The minimum atomic E-state index is -0.411. The van der Waals surface area contributed by atoms with Gasteiger partial charge in [0.15, 0.2) is 0 Å². The molecule has 2 rings (SSSR count). The van der Waals surface area contributed by atoms with Crippen molar-refractivity contribution < 1.29 is 13.9 Å². The van der Waals surface area contributed by atoms with E-state index in [0.29, 0.717) is 18.7 Å². The fourth-order valence-corrected chi connectivity index (χ4v) is 2.52. The number of carbonyl (C=O) groups excluding carboxylic acids is 1. The van der Waals surface area contributed by atoms with Crippen molar-refractivity contribution >= 4 is 11.6 Å². The van der Waals surface area contributed by atoms with Gasteiger partial charge in [-0.05, 0) is 31.9 Å². The number of benzene rings is 1. The normalized spacial score (nSPS) is 18.1. The lowest BCUT2D eigenvalue weighted by Gasteiger charge is -2.25. The molecule has 0 bridgehead atoms. The van der Waals surface area contributed by atoms with Gasteiger partial charge in [0, 0.05) is 26.7 Å². The molecule has 1 aliphatic heterocycles. The number of rotatable bonds is 5. The van der Waals surface area contributed by atoms with Crippen molar-refractivity contribution in [2.24, 2.45) is 0 Å². The monoisotopic (exact) mass is 280 g/mol. The van der Waals surface area contributed by atoms with Gasteiger partial charge in [-0.3, -0.25) is 4.79 Å². The van der Waals surface area contributed by atoms with Gasteiger partial charge < -0.3 is 15.0 Å². The van der Waals surface area contributed by atoms with Crippen LogP contribution < -0.4 is 5.32 Å². The average molecular weight is 280 g/mol. The highest BCUT2D eigenvalue weighted by Gasteiger charge is 2.24. The number of nitrogens with zero attached hydrogens (tertiary/aromatic N) is 1. The van der Waals surface area contributed by atoms with Gasteiger partial charge >= 0.3 is 0 Å². The Morgan fingerprint density at radius 2 is 2.35 bits per heavy atom. The summed E-state index contributed by atoms with van der Waals surface area (Å²) in [5.74, 6) is -0.571. The molecule has 1 amide bonds. The second-order valence-corrected chi connectivity index (χ2v) is 4.89. The van der Waals surface area contributed by atoms with Gasteiger partial charge in [0.2, 0.25) is 0 Å². The maximum absolute atomic E-state index is 13.7. The van der Waals surface area contributed by atoms with E-state index in [4.69, 9.17) is 4.74 Å².